The summed E-state index contributed by atoms with van der Waals surface area (Å²) in [7, 11) is 0. The van der Waals surface area contributed by atoms with Crippen molar-refractivity contribution in [2.45, 2.75) is 38.1 Å². The van der Waals surface area contributed by atoms with Gasteiger partial charge in [-0.25, -0.2) is 0 Å². The van der Waals surface area contributed by atoms with Crippen LogP contribution in [0.5, 0.6) is 0 Å². The summed E-state index contributed by atoms with van der Waals surface area (Å²) in [5.41, 5.74) is 4.79. The van der Waals surface area contributed by atoms with Gasteiger partial charge < -0.3 is 10.6 Å². The number of hydrogen-bond acceptors (Lipinski definition) is 2. The van der Waals surface area contributed by atoms with Gasteiger partial charge in [0.1, 0.15) is 0 Å². The van der Waals surface area contributed by atoms with Crippen LogP contribution in [0, 0.1) is 17.8 Å². The van der Waals surface area contributed by atoms with Crippen LogP contribution in [0.15, 0.2) is 48.5 Å². The van der Waals surface area contributed by atoms with E-state index in [4.69, 9.17) is 0 Å². The first-order chi connectivity index (χ1) is 12.8. The number of fused-ring (bicyclic) bond motifs is 7. The molecule has 3 aliphatic rings. The quantitative estimate of drug-likeness (QED) is 0.843. The number of nitrogens with one attached hydrogen (secondary N) is 2. The van der Waals surface area contributed by atoms with Crippen LogP contribution in [0.3, 0.4) is 0 Å². The molecule has 1 amide bonds. The topological polar surface area (TPSA) is 41.1 Å². The van der Waals surface area contributed by atoms with E-state index in [-0.39, 0.29) is 5.91 Å². The maximum atomic E-state index is 12.3. The average molecular weight is 346 g/mol. The van der Waals surface area contributed by atoms with Crippen LogP contribution >= 0.6 is 0 Å². The highest BCUT2D eigenvalue weighted by molar-refractivity contribution is 5.95. The van der Waals surface area contributed by atoms with E-state index in [1.807, 2.05) is 13.0 Å². The Morgan fingerprint density at radius 3 is 2.73 bits per heavy atom. The second-order valence-electron chi connectivity index (χ2n) is 8.13. The Hall–Kier alpha value is -2.29. The maximum Gasteiger partial charge on any atom is 0.251 e. The van der Waals surface area contributed by atoms with Crippen LogP contribution in [0.4, 0.5) is 5.69 Å². The Morgan fingerprint density at radius 2 is 1.92 bits per heavy atom. The highest BCUT2D eigenvalue weighted by atomic mass is 16.1. The smallest absolute Gasteiger partial charge is 0.251 e. The normalized spacial score (nSPS) is 31.0. The van der Waals surface area contributed by atoms with E-state index < -0.39 is 0 Å². The SMILES string of the molecule is CCNC(=O)c1ccc2c(c1)[C@@H]1[C@H]3CC[C@H](C3)[C@@H]1[C@@H](c1ccccc1)N2. The lowest BCUT2D eigenvalue weighted by Gasteiger charge is -2.43. The van der Waals surface area contributed by atoms with Gasteiger partial charge in [0.2, 0.25) is 0 Å². The second-order valence-corrected chi connectivity index (χ2v) is 8.13. The summed E-state index contributed by atoms with van der Waals surface area (Å²) >= 11 is 0. The molecule has 5 rings (SSSR count). The molecule has 134 valence electrons. The summed E-state index contributed by atoms with van der Waals surface area (Å²) < 4.78 is 0. The molecule has 3 heteroatoms. The van der Waals surface area contributed by atoms with Gasteiger partial charge in [-0.15, -0.1) is 0 Å². The number of rotatable bonds is 3. The van der Waals surface area contributed by atoms with Crippen molar-refractivity contribution in [1.29, 1.82) is 0 Å². The van der Waals surface area contributed by atoms with Crippen molar-refractivity contribution in [2.24, 2.45) is 17.8 Å². The monoisotopic (exact) mass is 346 g/mol. The van der Waals surface area contributed by atoms with E-state index in [0.717, 1.165) is 17.4 Å². The number of anilines is 1. The van der Waals surface area contributed by atoms with Gasteiger partial charge >= 0.3 is 0 Å². The summed E-state index contributed by atoms with van der Waals surface area (Å²) in [6.45, 7) is 2.63. The highest BCUT2D eigenvalue weighted by Crippen LogP contribution is 2.63. The highest BCUT2D eigenvalue weighted by Gasteiger charge is 2.53. The molecule has 1 heterocycles. The minimum Gasteiger partial charge on any atom is -0.378 e. The molecule has 0 spiro atoms. The molecule has 2 aromatic carbocycles. The van der Waals surface area contributed by atoms with E-state index >= 15 is 0 Å². The van der Waals surface area contributed by atoms with Gasteiger partial charge in [0.25, 0.3) is 5.91 Å². The van der Waals surface area contributed by atoms with Crippen LogP contribution in [-0.4, -0.2) is 12.5 Å². The predicted octanol–water partition coefficient (Wildman–Crippen LogP) is 4.73. The minimum absolute atomic E-state index is 0.0418. The van der Waals surface area contributed by atoms with Crippen molar-refractivity contribution in [3.63, 3.8) is 0 Å². The zero-order chi connectivity index (χ0) is 17.7. The standard InChI is InChI=1S/C23H26N2O/c1-2-24-23(26)17-10-11-19-18(13-17)20-15-8-9-16(12-15)21(20)22(25-19)14-6-4-3-5-7-14/h3-7,10-11,13,15-16,20-22,25H,2,8-9,12H2,1H3,(H,24,26)/t15-,16+,20-,21-,22+/m0/s1. The van der Waals surface area contributed by atoms with Crippen LogP contribution in [0.2, 0.25) is 0 Å². The van der Waals surface area contributed by atoms with Crippen LogP contribution in [0.1, 0.15) is 59.6 Å². The minimum atomic E-state index is 0.0418. The van der Waals surface area contributed by atoms with Gasteiger partial charge in [0.15, 0.2) is 0 Å². The molecule has 3 nitrogen and oxygen atoms in total. The molecule has 2 aliphatic carbocycles. The van der Waals surface area contributed by atoms with E-state index in [1.165, 1.54) is 36.1 Å². The zero-order valence-electron chi connectivity index (χ0n) is 15.2. The van der Waals surface area contributed by atoms with Gasteiger partial charge in [-0.3, -0.25) is 4.79 Å². The summed E-state index contributed by atoms with van der Waals surface area (Å²) in [4.78, 5) is 12.3. The van der Waals surface area contributed by atoms with Crippen LogP contribution < -0.4 is 10.6 Å². The molecule has 2 fully saturated rings. The number of benzene rings is 2. The molecule has 0 saturated heterocycles. The molecule has 26 heavy (non-hydrogen) atoms. The number of hydrogen-bond donors (Lipinski definition) is 2. The van der Waals surface area contributed by atoms with Crippen molar-refractivity contribution >= 4 is 11.6 Å². The Labute approximate surface area is 155 Å². The van der Waals surface area contributed by atoms with Crippen molar-refractivity contribution in [1.82, 2.24) is 5.32 Å². The van der Waals surface area contributed by atoms with E-state index in [2.05, 4.69) is 53.1 Å². The van der Waals surface area contributed by atoms with Gasteiger partial charge in [-0.05, 0) is 79.2 Å². The zero-order valence-corrected chi connectivity index (χ0v) is 15.2. The van der Waals surface area contributed by atoms with Crippen LogP contribution in [0.25, 0.3) is 0 Å². The van der Waals surface area contributed by atoms with Crippen LogP contribution in [-0.2, 0) is 0 Å². The second kappa shape index (κ2) is 6.15. The Morgan fingerprint density at radius 1 is 1.12 bits per heavy atom. The Kier molecular flexibility index (Phi) is 3.77. The molecule has 2 saturated carbocycles. The molecule has 2 bridgehead atoms. The first-order valence-electron chi connectivity index (χ1n) is 10.00. The fourth-order valence-electron chi connectivity index (χ4n) is 5.88. The lowest BCUT2D eigenvalue weighted by atomic mass is 9.68. The molecular weight excluding hydrogens is 320 g/mol. The van der Waals surface area contributed by atoms with Crippen molar-refractivity contribution < 1.29 is 4.79 Å². The van der Waals surface area contributed by atoms with E-state index in [1.54, 1.807) is 0 Å². The van der Waals surface area contributed by atoms with Crippen molar-refractivity contribution in [3.8, 4) is 0 Å². The fraction of sp³-hybridized carbons (Fsp3) is 0.435. The summed E-state index contributed by atoms with van der Waals surface area (Å²) in [6.07, 6.45) is 4.06. The van der Waals surface area contributed by atoms with Gasteiger partial charge in [-0.2, -0.15) is 0 Å². The molecule has 2 aromatic rings. The molecule has 0 radical (unpaired) electrons. The van der Waals surface area contributed by atoms with Gasteiger partial charge in [0.05, 0.1) is 6.04 Å². The van der Waals surface area contributed by atoms with E-state index in [0.29, 0.717) is 24.4 Å². The third kappa shape index (κ3) is 2.37. The molecular formula is C23H26N2O. The molecule has 1 aliphatic heterocycles. The van der Waals surface area contributed by atoms with Gasteiger partial charge in [-0.1, -0.05) is 30.3 Å². The van der Waals surface area contributed by atoms with Crippen molar-refractivity contribution in [2.75, 3.05) is 11.9 Å². The molecule has 2 N–H and O–H groups in total. The Bertz CT molecular complexity index is 831. The first-order valence-corrected chi connectivity index (χ1v) is 10.00. The Balaban J connectivity index is 1.58. The number of carbonyl (C=O) groups is 1. The molecule has 0 aromatic heterocycles. The predicted molar refractivity (Wildman–Crippen MR) is 104 cm³/mol. The summed E-state index contributed by atoms with van der Waals surface area (Å²) in [6, 6.07) is 17.5. The number of carbonyl (C=O) groups excluding carboxylic acids is 1. The van der Waals surface area contributed by atoms with Crippen molar-refractivity contribution in [3.05, 3.63) is 65.2 Å². The number of amides is 1. The summed E-state index contributed by atoms with van der Waals surface area (Å²) in [5.74, 6) is 2.86. The maximum absolute atomic E-state index is 12.3. The average Bonchev–Trinajstić information content (AvgIpc) is 3.30. The van der Waals surface area contributed by atoms with Gasteiger partial charge in [0, 0.05) is 17.8 Å². The lowest BCUT2D eigenvalue weighted by molar-refractivity contribution is 0.0955. The summed E-state index contributed by atoms with van der Waals surface area (Å²) in [5, 5.41) is 6.77. The lowest BCUT2D eigenvalue weighted by Crippen LogP contribution is -2.35. The van der Waals surface area contributed by atoms with E-state index in [9.17, 15) is 4.79 Å². The molecule has 5 atom stereocenters. The first kappa shape index (κ1) is 15.9. The fourth-order valence-corrected chi connectivity index (χ4v) is 5.88. The third-order valence-electron chi connectivity index (χ3n) is 6.85. The largest absolute Gasteiger partial charge is 0.378 e. The molecule has 0 unspecified atom stereocenters. The third-order valence-corrected chi connectivity index (χ3v) is 6.85.